The lowest BCUT2D eigenvalue weighted by atomic mass is 10.1. The van der Waals surface area contributed by atoms with Crippen LogP contribution in [-0.2, 0) is 4.79 Å². The molecule has 0 fully saturated rings. The van der Waals surface area contributed by atoms with Crippen molar-refractivity contribution in [2.45, 2.75) is 27.7 Å². The molecule has 0 unspecified atom stereocenters. The summed E-state index contributed by atoms with van der Waals surface area (Å²) in [4.78, 5) is 15.0. The number of ketones is 1. The maximum atomic E-state index is 10.8. The Hall–Kier alpha value is -2.68. The van der Waals surface area contributed by atoms with Crippen molar-refractivity contribution in [3.05, 3.63) is 66.9 Å². The van der Waals surface area contributed by atoms with E-state index in [1.807, 2.05) is 51.1 Å². The van der Waals surface area contributed by atoms with Crippen LogP contribution in [0.2, 0.25) is 0 Å². The number of hydrogen-bond donors (Lipinski definition) is 1. The van der Waals surface area contributed by atoms with Gasteiger partial charge >= 0.3 is 0 Å². The molecule has 0 spiro atoms. The van der Waals surface area contributed by atoms with Crippen molar-refractivity contribution in [3.63, 3.8) is 0 Å². The largest absolute Gasteiger partial charge is 0.344 e. The maximum Gasteiger partial charge on any atom is 0.154 e. The van der Waals surface area contributed by atoms with Gasteiger partial charge in [-0.15, -0.1) is 0 Å². The molecule has 3 nitrogen and oxygen atoms in total. The van der Waals surface area contributed by atoms with Gasteiger partial charge in [-0.25, -0.2) is 4.99 Å². The molecule has 0 atom stereocenters. The SMILES string of the molecule is CC.CC(=O)/C=C\N=C(C)Nc1cccc(-c2ccccc2)c1.[HH]. The van der Waals surface area contributed by atoms with Gasteiger partial charge in [-0.1, -0.05) is 56.3 Å². The van der Waals surface area contributed by atoms with Gasteiger partial charge in [0.25, 0.3) is 0 Å². The van der Waals surface area contributed by atoms with Crippen LogP contribution < -0.4 is 5.32 Å². The summed E-state index contributed by atoms with van der Waals surface area (Å²) in [5.41, 5.74) is 3.29. The van der Waals surface area contributed by atoms with Crippen molar-refractivity contribution in [1.29, 1.82) is 0 Å². The minimum absolute atomic E-state index is 0. The quantitative estimate of drug-likeness (QED) is 0.456. The van der Waals surface area contributed by atoms with E-state index in [0.717, 1.165) is 17.1 Å². The lowest BCUT2D eigenvalue weighted by Gasteiger charge is -2.07. The Kier molecular flexibility index (Phi) is 8.08. The van der Waals surface area contributed by atoms with Crippen molar-refractivity contribution in [2.75, 3.05) is 5.32 Å². The first kappa shape index (κ1) is 18.4. The third-order valence-corrected chi connectivity index (χ3v) is 2.87. The first-order chi connectivity index (χ1) is 11.1. The van der Waals surface area contributed by atoms with Crippen molar-refractivity contribution >= 4 is 17.3 Å². The Labute approximate surface area is 140 Å². The third-order valence-electron chi connectivity index (χ3n) is 2.87. The van der Waals surface area contributed by atoms with E-state index in [1.165, 1.54) is 24.8 Å². The first-order valence-electron chi connectivity index (χ1n) is 7.79. The molecule has 0 heterocycles. The van der Waals surface area contributed by atoms with E-state index in [4.69, 9.17) is 0 Å². The first-order valence-corrected chi connectivity index (χ1v) is 7.79. The second-order valence-electron chi connectivity index (χ2n) is 4.71. The van der Waals surface area contributed by atoms with Crippen LogP contribution in [0.1, 0.15) is 29.1 Å². The molecule has 2 rings (SSSR count). The lowest BCUT2D eigenvalue weighted by molar-refractivity contribution is -0.112. The summed E-state index contributed by atoms with van der Waals surface area (Å²) < 4.78 is 0. The fraction of sp³-hybridized carbons (Fsp3) is 0.200. The molecule has 0 saturated heterocycles. The van der Waals surface area contributed by atoms with Gasteiger partial charge in [-0.2, -0.15) is 0 Å². The van der Waals surface area contributed by atoms with Gasteiger partial charge < -0.3 is 5.32 Å². The summed E-state index contributed by atoms with van der Waals surface area (Å²) in [5.74, 6) is 0.718. The standard InChI is InChI=1S/C18H18N2O.C2H6.H2/c1-14(21)11-12-19-15(2)20-18-10-6-9-17(13-18)16-7-4-3-5-8-16;1-2;/h3-13H,1-2H3,(H,19,20);1-2H3;1H/b12-11-;;. The van der Waals surface area contributed by atoms with Crippen molar-refractivity contribution in [2.24, 2.45) is 4.99 Å². The number of benzene rings is 2. The number of nitrogens with zero attached hydrogens (tertiary/aromatic N) is 1. The molecule has 0 aliphatic carbocycles. The predicted molar refractivity (Wildman–Crippen MR) is 102 cm³/mol. The molecule has 2 aromatic carbocycles. The molecule has 3 heteroatoms. The number of nitrogens with one attached hydrogen (secondary N) is 1. The van der Waals surface area contributed by atoms with Crippen LogP contribution in [0.15, 0.2) is 71.9 Å². The monoisotopic (exact) mass is 310 g/mol. The lowest BCUT2D eigenvalue weighted by Crippen LogP contribution is -2.06. The van der Waals surface area contributed by atoms with Crippen LogP contribution in [0, 0.1) is 0 Å². The Balaban J connectivity index is 0.00000170. The highest BCUT2D eigenvalue weighted by Gasteiger charge is 1.99. The number of amidine groups is 1. The molecule has 1 N–H and O–H groups in total. The minimum Gasteiger partial charge on any atom is -0.344 e. The van der Waals surface area contributed by atoms with Gasteiger partial charge in [0.1, 0.15) is 5.84 Å². The normalized spacial score (nSPS) is 10.9. The fourth-order valence-corrected chi connectivity index (χ4v) is 1.90. The minimum atomic E-state index is -0.0161. The molecule has 0 radical (unpaired) electrons. The highest BCUT2D eigenvalue weighted by molar-refractivity contribution is 5.95. The molecular weight excluding hydrogens is 284 g/mol. The molecule has 0 saturated carbocycles. The van der Waals surface area contributed by atoms with Crippen molar-refractivity contribution in [3.8, 4) is 11.1 Å². The number of aliphatic imine (C=N–C) groups is 1. The summed E-state index contributed by atoms with van der Waals surface area (Å²) in [6, 6.07) is 18.3. The van der Waals surface area contributed by atoms with Gasteiger partial charge in [0, 0.05) is 13.3 Å². The predicted octanol–water partition coefficient (Wildman–Crippen LogP) is 5.56. The number of anilines is 1. The molecule has 0 aliphatic heterocycles. The van der Waals surface area contributed by atoms with E-state index in [9.17, 15) is 4.79 Å². The average molecular weight is 310 g/mol. The Bertz CT molecular complexity index is 679. The molecule has 0 amide bonds. The molecular formula is C20H26N2O. The number of allylic oxidation sites excluding steroid dienone is 1. The third kappa shape index (κ3) is 6.74. The van der Waals surface area contributed by atoms with Gasteiger partial charge in [0.15, 0.2) is 5.78 Å². The second kappa shape index (κ2) is 10.1. The zero-order valence-corrected chi connectivity index (χ0v) is 14.2. The number of hydrogen-bond acceptors (Lipinski definition) is 2. The number of rotatable bonds is 4. The van der Waals surface area contributed by atoms with Crippen LogP contribution >= 0.6 is 0 Å². The highest BCUT2D eigenvalue weighted by Crippen LogP contribution is 2.22. The van der Waals surface area contributed by atoms with E-state index >= 15 is 0 Å². The fourth-order valence-electron chi connectivity index (χ4n) is 1.90. The maximum absolute atomic E-state index is 10.8. The van der Waals surface area contributed by atoms with Gasteiger partial charge in [-0.05, 0) is 43.2 Å². The average Bonchev–Trinajstić information content (AvgIpc) is 2.57. The van der Waals surface area contributed by atoms with E-state index in [2.05, 4.69) is 34.6 Å². The van der Waals surface area contributed by atoms with Gasteiger partial charge in [-0.3, -0.25) is 4.79 Å². The smallest absolute Gasteiger partial charge is 0.154 e. The molecule has 2 aromatic rings. The van der Waals surface area contributed by atoms with Crippen LogP contribution in [0.4, 0.5) is 5.69 Å². The summed E-state index contributed by atoms with van der Waals surface area (Å²) in [6.07, 6.45) is 2.94. The molecule has 0 aliphatic rings. The van der Waals surface area contributed by atoms with E-state index in [-0.39, 0.29) is 7.21 Å². The van der Waals surface area contributed by atoms with E-state index in [1.54, 1.807) is 0 Å². The Morgan fingerprint density at radius 3 is 2.30 bits per heavy atom. The van der Waals surface area contributed by atoms with E-state index < -0.39 is 0 Å². The summed E-state index contributed by atoms with van der Waals surface area (Å²) in [7, 11) is 0. The Morgan fingerprint density at radius 1 is 1.00 bits per heavy atom. The Morgan fingerprint density at radius 2 is 1.65 bits per heavy atom. The van der Waals surface area contributed by atoms with Crippen LogP contribution in [0.5, 0.6) is 0 Å². The molecule has 122 valence electrons. The van der Waals surface area contributed by atoms with Crippen LogP contribution in [0.25, 0.3) is 11.1 Å². The van der Waals surface area contributed by atoms with Crippen molar-refractivity contribution < 1.29 is 6.22 Å². The molecule has 23 heavy (non-hydrogen) atoms. The summed E-state index contributed by atoms with van der Waals surface area (Å²) in [6.45, 7) is 7.36. The second-order valence-corrected chi connectivity index (χ2v) is 4.71. The zero-order chi connectivity index (χ0) is 17.1. The van der Waals surface area contributed by atoms with Crippen LogP contribution in [-0.4, -0.2) is 11.6 Å². The van der Waals surface area contributed by atoms with Gasteiger partial charge in [0.2, 0.25) is 0 Å². The van der Waals surface area contributed by atoms with E-state index in [0.29, 0.717) is 0 Å². The number of carbonyl (C=O) groups is 1. The topological polar surface area (TPSA) is 41.5 Å². The molecule has 0 bridgehead atoms. The zero-order valence-electron chi connectivity index (χ0n) is 14.2. The van der Waals surface area contributed by atoms with Crippen LogP contribution in [0.3, 0.4) is 0 Å². The summed E-state index contributed by atoms with van der Waals surface area (Å²) in [5, 5.41) is 3.21. The number of carbonyl (C=O) groups excluding carboxylic acids is 1. The molecule has 0 aromatic heterocycles. The summed E-state index contributed by atoms with van der Waals surface area (Å²) >= 11 is 0. The van der Waals surface area contributed by atoms with Gasteiger partial charge in [0.05, 0.1) is 0 Å². The van der Waals surface area contributed by atoms with Crippen molar-refractivity contribution in [1.82, 2.24) is 0 Å². The highest BCUT2D eigenvalue weighted by atomic mass is 16.1.